The van der Waals surface area contributed by atoms with E-state index in [-0.39, 0.29) is 17.5 Å². The third-order valence-corrected chi connectivity index (χ3v) is 6.17. The summed E-state index contributed by atoms with van der Waals surface area (Å²) >= 11 is 0. The molecule has 0 saturated carbocycles. The van der Waals surface area contributed by atoms with Crippen LogP contribution in [-0.4, -0.2) is 30.1 Å². The molecule has 8 nitrogen and oxygen atoms in total. The van der Waals surface area contributed by atoms with Crippen molar-refractivity contribution in [2.24, 2.45) is 16.6 Å². The van der Waals surface area contributed by atoms with Crippen molar-refractivity contribution in [1.82, 2.24) is 0 Å². The number of hydrogen-bond acceptors (Lipinski definition) is 6. The normalized spacial score (nSPS) is 15.0. The third-order valence-electron chi connectivity index (χ3n) is 6.17. The fourth-order valence-electron chi connectivity index (χ4n) is 4.39. The quantitative estimate of drug-likeness (QED) is 0.267. The molecule has 1 saturated heterocycles. The zero-order valence-electron chi connectivity index (χ0n) is 17.8. The van der Waals surface area contributed by atoms with Crippen LogP contribution in [0.4, 0.5) is 17.1 Å². The van der Waals surface area contributed by atoms with Crippen molar-refractivity contribution in [2.45, 2.75) is 12.8 Å². The molecule has 4 aromatic rings. The average Bonchev–Trinajstić information content (AvgIpc) is 3.20. The lowest BCUT2D eigenvalue weighted by molar-refractivity contribution is -0.384. The van der Waals surface area contributed by atoms with Gasteiger partial charge < -0.3 is 15.1 Å². The van der Waals surface area contributed by atoms with Gasteiger partial charge in [-0.3, -0.25) is 19.9 Å². The fourth-order valence-corrected chi connectivity index (χ4v) is 4.39. The van der Waals surface area contributed by atoms with Gasteiger partial charge in [-0.05, 0) is 37.1 Å². The summed E-state index contributed by atoms with van der Waals surface area (Å²) in [5, 5.41) is 13.4. The number of para-hydroxylation sites is 1. The van der Waals surface area contributed by atoms with Crippen LogP contribution in [0.2, 0.25) is 0 Å². The number of rotatable bonds is 5. The lowest BCUT2D eigenvalue weighted by Gasteiger charge is -2.33. The van der Waals surface area contributed by atoms with E-state index in [2.05, 4.69) is 9.89 Å². The number of benzene rings is 3. The molecule has 1 fully saturated rings. The van der Waals surface area contributed by atoms with E-state index in [1.807, 2.05) is 42.5 Å². The third kappa shape index (κ3) is 4.03. The van der Waals surface area contributed by atoms with Crippen LogP contribution in [0.3, 0.4) is 0 Å². The van der Waals surface area contributed by atoms with Crippen LogP contribution >= 0.6 is 0 Å². The number of amides is 1. The number of carbonyl (C=O) groups excluding carboxylic acids is 1. The summed E-state index contributed by atoms with van der Waals surface area (Å²) in [7, 11) is 0. The summed E-state index contributed by atoms with van der Waals surface area (Å²) in [5.41, 5.74) is 9.17. The maximum atomic E-state index is 11.5. The van der Waals surface area contributed by atoms with Crippen molar-refractivity contribution in [2.75, 3.05) is 18.0 Å². The molecule has 33 heavy (non-hydrogen) atoms. The highest BCUT2D eigenvalue weighted by atomic mass is 16.6. The molecule has 1 aliphatic heterocycles. The highest BCUT2D eigenvalue weighted by molar-refractivity contribution is 6.05. The molecule has 3 aromatic carbocycles. The standard InChI is InChI=1S/C25H22N4O4/c26-25(30)16-9-11-28(12-10-16)22-8-6-19(29(31)32)13-17(22)15-27-18-5-7-21-20-3-1-2-4-23(20)33-24(21)14-18/h1-8,13-16H,9-12H2,(H2,26,30). The van der Waals surface area contributed by atoms with Crippen molar-refractivity contribution in [3.8, 4) is 0 Å². The van der Waals surface area contributed by atoms with Crippen molar-refractivity contribution >= 4 is 51.1 Å². The largest absolute Gasteiger partial charge is 0.456 e. The summed E-state index contributed by atoms with van der Waals surface area (Å²) < 4.78 is 5.93. The van der Waals surface area contributed by atoms with Crippen molar-refractivity contribution in [3.63, 3.8) is 0 Å². The predicted molar refractivity (Wildman–Crippen MR) is 128 cm³/mol. The molecule has 166 valence electrons. The number of non-ortho nitro benzene ring substituents is 1. The molecule has 5 rings (SSSR count). The SMILES string of the molecule is NC(=O)C1CCN(c2ccc([N+](=O)[O-])cc2C=Nc2ccc3c(c2)oc2ccccc23)CC1. The van der Waals surface area contributed by atoms with Gasteiger partial charge in [0.05, 0.1) is 10.6 Å². The second-order valence-corrected chi connectivity index (χ2v) is 8.20. The van der Waals surface area contributed by atoms with E-state index in [0.29, 0.717) is 37.2 Å². The maximum absolute atomic E-state index is 11.5. The van der Waals surface area contributed by atoms with Crippen LogP contribution in [0.1, 0.15) is 18.4 Å². The Balaban J connectivity index is 1.47. The Bertz CT molecular complexity index is 1400. The zero-order valence-corrected chi connectivity index (χ0v) is 17.8. The molecule has 0 aliphatic carbocycles. The molecule has 1 aromatic heterocycles. The first kappa shape index (κ1) is 20.7. The molecule has 0 unspecified atom stereocenters. The lowest BCUT2D eigenvalue weighted by Crippen LogP contribution is -2.38. The molecular formula is C25H22N4O4. The second-order valence-electron chi connectivity index (χ2n) is 8.20. The van der Waals surface area contributed by atoms with Crippen LogP contribution < -0.4 is 10.6 Å². The monoisotopic (exact) mass is 442 g/mol. The van der Waals surface area contributed by atoms with Gasteiger partial charge in [0.1, 0.15) is 11.2 Å². The molecule has 0 atom stereocenters. The minimum atomic E-state index is -0.416. The average molecular weight is 442 g/mol. The number of piperidine rings is 1. The number of fused-ring (bicyclic) bond motifs is 3. The smallest absolute Gasteiger partial charge is 0.270 e. The van der Waals surface area contributed by atoms with E-state index in [1.165, 1.54) is 12.1 Å². The molecule has 0 radical (unpaired) electrons. The molecule has 1 aliphatic rings. The highest BCUT2D eigenvalue weighted by Gasteiger charge is 2.25. The molecule has 0 spiro atoms. The Morgan fingerprint density at radius 2 is 1.82 bits per heavy atom. The highest BCUT2D eigenvalue weighted by Crippen LogP contribution is 2.32. The van der Waals surface area contributed by atoms with Crippen LogP contribution in [0.15, 0.2) is 70.1 Å². The number of nitro benzene ring substituents is 1. The van der Waals surface area contributed by atoms with E-state index >= 15 is 0 Å². The van der Waals surface area contributed by atoms with Crippen molar-refractivity contribution < 1.29 is 14.1 Å². The molecule has 2 N–H and O–H groups in total. The van der Waals surface area contributed by atoms with Gasteiger partial charge >= 0.3 is 0 Å². The molecule has 8 heteroatoms. The summed E-state index contributed by atoms with van der Waals surface area (Å²) in [6, 6.07) is 18.3. The van der Waals surface area contributed by atoms with Gasteiger partial charge in [-0.25, -0.2) is 0 Å². The maximum Gasteiger partial charge on any atom is 0.270 e. The van der Waals surface area contributed by atoms with E-state index in [9.17, 15) is 14.9 Å². The second kappa shape index (κ2) is 8.38. The number of furan rings is 1. The molecular weight excluding hydrogens is 420 g/mol. The molecule has 1 amide bonds. The van der Waals surface area contributed by atoms with Gasteiger partial charge in [-0.15, -0.1) is 0 Å². The number of carbonyl (C=O) groups is 1. The van der Waals surface area contributed by atoms with Crippen molar-refractivity contribution in [3.05, 3.63) is 76.3 Å². The minimum absolute atomic E-state index is 0.0000387. The van der Waals surface area contributed by atoms with E-state index < -0.39 is 4.92 Å². The number of nitrogens with two attached hydrogens (primary N) is 1. The van der Waals surface area contributed by atoms with Crippen LogP contribution in [0, 0.1) is 16.0 Å². The van der Waals surface area contributed by atoms with E-state index in [0.717, 1.165) is 27.6 Å². The number of primary amides is 1. The number of aliphatic imine (C=N–C) groups is 1. The molecule has 0 bridgehead atoms. The first-order valence-electron chi connectivity index (χ1n) is 10.8. The number of hydrogen-bond donors (Lipinski definition) is 1. The van der Waals surface area contributed by atoms with Gasteiger partial charge in [0.15, 0.2) is 0 Å². The Kier molecular flexibility index (Phi) is 5.26. The zero-order chi connectivity index (χ0) is 22.9. The molecule has 2 heterocycles. The van der Waals surface area contributed by atoms with Gasteiger partial charge in [0, 0.05) is 65.4 Å². The summed E-state index contributed by atoms with van der Waals surface area (Å²) in [5.74, 6) is -0.409. The number of nitro groups is 1. The van der Waals surface area contributed by atoms with Crippen molar-refractivity contribution in [1.29, 1.82) is 0 Å². The topological polar surface area (TPSA) is 115 Å². The Hall–Kier alpha value is -4.20. The van der Waals surface area contributed by atoms with Gasteiger partial charge in [-0.2, -0.15) is 0 Å². The van der Waals surface area contributed by atoms with Crippen LogP contribution in [0.25, 0.3) is 21.9 Å². The van der Waals surface area contributed by atoms with E-state index in [4.69, 9.17) is 10.2 Å². The first-order chi connectivity index (χ1) is 16.0. The van der Waals surface area contributed by atoms with Crippen LogP contribution in [0.5, 0.6) is 0 Å². The van der Waals surface area contributed by atoms with Gasteiger partial charge in [-0.1, -0.05) is 18.2 Å². The number of anilines is 1. The lowest BCUT2D eigenvalue weighted by atomic mass is 9.95. The minimum Gasteiger partial charge on any atom is -0.456 e. The Morgan fingerprint density at radius 3 is 2.58 bits per heavy atom. The summed E-state index contributed by atoms with van der Waals surface area (Å²) in [4.78, 5) is 29.1. The van der Waals surface area contributed by atoms with Gasteiger partial charge in [0.25, 0.3) is 5.69 Å². The van der Waals surface area contributed by atoms with Crippen LogP contribution in [-0.2, 0) is 4.79 Å². The summed E-state index contributed by atoms with van der Waals surface area (Å²) in [6.07, 6.45) is 2.96. The fraction of sp³-hybridized carbons (Fsp3) is 0.200. The Labute approximate surface area is 189 Å². The number of nitrogens with zero attached hydrogens (tertiary/aromatic N) is 3. The first-order valence-corrected chi connectivity index (χ1v) is 10.8. The predicted octanol–water partition coefficient (Wildman–Crippen LogP) is 4.95. The summed E-state index contributed by atoms with van der Waals surface area (Å²) in [6.45, 7) is 1.30. The Morgan fingerprint density at radius 1 is 1.06 bits per heavy atom. The van der Waals surface area contributed by atoms with E-state index in [1.54, 1.807) is 12.3 Å². The van der Waals surface area contributed by atoms with Gasteiger partial charge in [0.2, 0.25) is 5.91 Å².